The van der Waals surface area contributed by atoms with Gasteiger partial charge in [0, 0.05) is 10.8 Å². The molecule has 0 spiro atoms. The molecule has 0 aliphatic carbocycles. The third kappa shape index (κ3) is 2.41. The molecule has 2 aromatic rings. The van der Waals surface area contributed by atoms with Gasteiger partial charge in [-0.1, -0.05) is 0 Å². The van der Waals surface area contributed by atoms with Gasteiger partial charge in [0.25, 0.3) is 11.8 Å². The van der Waals surface area contributed by atoms with Gasteiger partial charge in [-0.05, 0) is 0 Å². The first-order valence-corrected chi connectivity index (χ1v) is 6.03. The second-order valence-electron chi connectivity index (χ2n) is 2.66. The molecule has 2 rings (SSSR count). The van der Waals surface area contributed by atoms with Gasteiger partial charge in [0.2, 0.25) is 0 Å². The number of nitrogens with one attached hydrogen (secondary N) is 2. The maximum atomic E-state index is 11.4. The van der Waals surface area contributed by atoms with E-state index in [1.807, 2.05) is 0 Å². The zero-order valence-corrected chi connectivity index (χ0v) is 9.47. The molecule has 2 N–H and O–H groups in total. The number of hydrogen-bond donors (Lipinski definition) is 2. The Morgan fingerprint density at radius 1 is 0.938 bits per heavy atom. The first-order valence-electron chi connectivity index (χ1n) is 4.14. The van der Waals surface area contributed by atoms with Crippen molar-refractivity contribution in [3.05, 3.63) is 33.2 Å². The van der Waals surface area contributed by atoms with Crippen LogP contribution < -0.4 is 10.9 Å². The molecule has 0 saturated carbocycles. The van der Waals surface area contributed by atoms with E-state index in [9.17, 15) is 9.59 Å². The van der Waals surface area contributed by atoms with Crippen LogP contribution in [0.5, 0.6) is 0 Å². The quantitative estimate of drug-likeness (QED) is 0.772. The third-order valence-corrected chi connectivity index (χ3v) is 2.79. The van der Waals surface area contributed by atoms with Crippen molar-refractivity contribution in [2.24, 2.45) is 0 Å². The van der Waals surface area contributed by atoms with E-state index >= 15 is 0 Å². The molecule has 2 aromatic heterocycles. The van der Waals surface area contributed by atoms with Crippen molar-refractivity contribution in [2.45, 2.75) is 0 Å². The van der Waals surface area contributed by atoms with E-state index < -0.39 is 11.8 Å². The summed E-state index contributed by atoms with van der Waals surface area (Å²) in [5.74, 6) is -0.908. The van der Waals surface area contributed by atoms with E-state index in [2.05, 4.69) is 20.8 Å². The molecule has 8 heteroatoms. The number of carbonyl (C=O) groups is 2. The van der Waals surface area contributed by atoms with Gasteiger partial charge in [0.15, 0.2) is 0 Å². The average Bonchev–Trinajstić information content (AvgIpc) is 2.95. The predicted molar refractivity (Wildman–Crippen MR) is 59.2 cm³/mol. The van der Waals surface area contributed by atoms with Crippen LogP contribution in [-0.4, -0.2) is 21.8 Å². The van der Waals surface area contributed by atoms with Crippen LogP contribution in [0.15, 0.2) is 21.8 Å². The molecule has 0 aromatic carbocycles. The molecule has 0 aliphatic heterocycles. The van der Waals surface area contributed by atoms with E-state index in [1.54, 1.807) is 10.8 Å². The number of aromatic nitrogens is 2. The summed E-state index contributed by atoms with van der Waals surface area (Å²) in [6, 6.07) is 0. The van der Waals surface area contributed by atoms with E-state index in [0.717, 1.165) is 0 Å². The van der Waals surface area contributed by atoms with Gasteiger partial charge in [-0.3, -0.25) is 20.4 Å². The molecule has 0 fully saturated rings. The highest BCUT2D eigenvalue weighted by Crippen LogP contribution is 2.01. The summed E-state index contributed by atoms with van der Waals surface area (Å²) in [6.07, 6.45) is 0. The highest BCUT2D eigenvalue weighted by Gasteiger charge is 2.11. The number of hydrogen-bond acceptors (Lipinski definition) is 6. The third-order valence-electron chi connectivity index (χ3n) is 1.62. The lowest BCUT2D eigenvalue weighted by atomic mass is 10.4. The second-order valence-corrected chi connectivity index (χ2v) is 4.09. The summed E-state index contributed by atoms with van der Waals surface area (Å²) >= 11 is 2.61. The topological polar surface area (TPSA) is 84.0 Å². The number of nitrogens with zero attached hydrogens (tertiary/aromatic N) is 2. The molecule has 16 heavy (non-hydrogen) atoms. The lowest BCUT2D eigenvalue weighted by molar-refractivity contribution is 0.0842. The summed E-state index contributed by atoms with van der Waals surface area (Å²) < 4.78 is 0. The van der Waals surface area contributed by atoms with Gasteiger partial charge in [-0.2, -0.15) is 0 Å². The fourth-order valence-electron chi connectivity index (χ4n) is 0.891. The first kappa shape index (κ1) is 10.7. The maximum Gasteiger partial charge on any atom is 0.289 e. The second kappa shape index (κ2) is 4.81. The van der Waals surface area contributed by atoms with Gasteiger partial charge in [0.1, 0.15) is 11.4 Å². The van der Waals surface area contributed by atoms with Gasteiger partial charge in [-0.15, -0.1) is 22.7 Å². The summed E-state index contributed by atoms with van der Waals surface area (Å²) in [5, 5.41) is 3.18. The summed E-state index contributed by atoms with van der Waals surface area (Å²) in [4.78, 5) is 30.4. The Kier molecular flexibility index (Phi) is 3.22. The molecule has 6 nitrogen and oxygen atoms in total. The number of rotatable bonds is 2. The lowest BCUT2D eigenvalue weighted by Crippen LogP contribution is -2.41. The fourth-order valence-corrected chi connectivity index (χ4v) is 1.96. The van der Waals surface area contributed by atoms with Crippen molar-refractivity contribution in [3.63, 3.8) is 0 Å². The molecule has 0 saturated heterocycles. The average molecular weight is 254 g/mol. The number of thiazole rings is 2. The van der Waals surface area contributed by atoms with Crippen LogP contribution in [-0.2, 0) is 0 Å². The Balaban J connectivity index is 1.89. The Morgan fingerprint density at radius 3 is 1.69 bits per heavy atom. The van der Waals surface area contributed by atoms with Crippen LogP contribution in [0.1, 0.15) is 21.0 Å². The minimum absolute atomic E-state index is 0.267. The molecular formula is C8H6N4O2S2. The van der Waals surface area contributed by atoms with Crippen LogP contribution in [0.2, 0.25) is 0 Å². The number of hydrazine groups is 1. The maximum absolute atomic E-state index is 11.4. The van der Waals surface area contributed by atoms with Gasteiger partial charge in [0.05, 0.1) is 11.0 Å². The van der Waals surface area contributed by atoms with Crippen molar-refractivity contribution in [1.82, 2.24) is 20.8 Å². The normalized spacial score (nSPS) is 9.75. The van der Waals surface area contributed by atoms with Crippen LogP contribution in [0.3, 0.4) is 0 Å². The van der Waals surface area contributed by atoms with Crippen LogP contribution in [0.4, 0.5) is 0 Å². The fraction of sp³-hybridized carbons (Fsp3) is 0. The van der Waals surface area contributed by atoms with E-state index in [1.165, 1.54) is 33.7 Å². The van der Waals surface area contributed by atoms with E-state index in [-0.39, 0.29) is 11.4 Å². The van der Waals surface area contributed by atoms with Crippen LogP contribution in [0, 0.1) is 0 Å². The van der Waals surface area contributed by atoms with Crippen molar-refractivity contribution < 1.29 is 9.59 Å². The Hall–Kier alpha value is -1.80. The zero-order valence-electron chi connectivity index (χ0n) is 7.84. The highest BCUT2D eigenvalue weighted by molar-refractivity contribution is 7.08. The SMILES string of the molecule is O=C(NNC(=O)c1cscn1)c1cscn1. The Morgan fingerprint density at radius 2 is 1.38 bits per heavy atom. The van der Waals surface area contributed by atoms with Gasteiger partial charge in [-0.25, -0.2) is 9.97 Å². The minimum atomic E-state index is -0.454. The van der Waals surface area contributed by atoms with Crippen molar-refractivity contribution in [2.75, 3.05) is 0 Å². The predicted octanol–water partition coefficient (Wildman–Crippen LogP) is 0.674. The van der Waals surface area contributed by atoms with Gasteiger partial charge >= 0.3 is 0 Å². The molecule has 2 heterocycles. The van der Waals surface area contributed by atoms with Crippen LogP contribution in [0.25, 0.3) is 0 Å². The molecule has 82 valence electrons. The number of amides is 2. The highest BCUT2D eigenvalue weighted by atomic mass is 32.1. The lowest BCUT2D eigenvalue weighted by Gasteiger charge is -2.03. The molecule has 0 radical (unpaired) electrons. The largest absolute Gasteiger partial charge is 0.289 e. The van der Waals surface area contributed by atoms with Crippen LogP contribution >= 0.6 is 22.7 Å². The molecule has 0 aliphatic rings. The minimum Gasteiger partial charge on any atom is -0.266 e. The van der Waals surface area contributed by atoms with Gasteiger partial charge < -0.3 is 0 Å². The molecule has 0 bridgehead atoms. The van der Waals surface area contributed by atoms with Crippen molar-refractivity contribution in [3.8, 4) is 0 Å². The zero-order chi connectivity index (χ0) is 11.4. The molecule has 0 atom stereocenters. The smallest absolute Gasteiger partial charge is 0.266 e. The van der Waals surface area contributed by atoms with Crippen molar-refractivity contribution in [1.29, 1.82) is 0 Å². The van der Waals surface area contributed by atoms with E-state index in [4.69, 9.17) is 0 Å². The molecular weight excluding hydrogens is 248 g/mol. The van der Waals surface area contributed by atoms with E-state index in [0.29, 0.717) is 0 Å². The summed E-state index contributed by atoms with van der Waals surface area (Å²) in [7, 11) is 0. The summed E-state index contributed by atoms with van der Waals surface area (Å²) in [6.45, 7) is 0. The monoisotopic (exact) mass is 254 g/mol. The summed E-state index contributed by atoms with van der Waals surface area (Å²) in [5.41, 5.74) is 8.10. The standard InChI is InChI=1S/C8H6N4O2S2/c13-7(5-1-15-3-9-5)11-12-8(14)6-2-16-4-10-6/h1-4H,(H,11,13)(H,12,14). The Bertz CT molecular complexity index is 434. The molecule has 2 amide bonds. The Labute approximate surface area is 98.3 Å². The first-order chi connectivity index (χ1) is 7.77. The van der Waals surface area contributed by atoms with Crippen molar-refractivity contribution >= 4 is 34.5 Å². The molecule has 0 unspecified atom stereocenters. The number of carbonyl (C=O) groups excluding carboxylic acids is 2.